The zero-order valence-corrected chi connectivity index (χ0v) is 11.2. The summed E-state index contributed by atoms with van der Waals surface area (Å²) in [4.78, 5) is 9.86. The second kappa shape index (κ2) is 6.08. The molecule has 6 nitrogen and oxygen atoms in total. The Morgan fingerprint density at radius 2 is 2.10 bits per heavy atom. The average molecular weight is 292 g/mol. The number of non-ortho nitro benzene ring substituents is 1. The number of anilines is 1. The zero-order chi connectivity index (χ0) is 15.4. The summed E-state index contributed by atoms with van der Waals surface area (Å²) in [5, 5.41) is 23.0. The van der Waals surface area contributed by atoms with Crippen molar-refractivity contribution in [1.82, 2.24) is 0 Å². The van der Waals surface area contributed by atoms with Gasteiger partial charge in [-0.2, -0.15) is 0 Å². The van der Waals surface area contributed by atoms with E-state index in [1.165, 1.54) is 25.3 Å². The van der Waals surface area contributed by atoms with Crippen LogP contribution in [0, 0.1) is 15.9 Å². The molecule has 0 spiro atoms. The second-order valence-electron chi connectivity index (χ2n) is 4.28. The number of benzene rings is 2. The number of aromatic hydroxyl groups is 1. The first kappa shape index (κ1) is 14.6. The Balaban J connectivity index is 2.09. The van der Waals surface area contributed by atoms with Crippen molar-refractivity contribution in [3.63, 3.8) is 0 Å². The van der Waals surface area contributed by atoms with E-state index >= 15 is 0 Å². The number of rotatable bonds is 5. The predicted octanol–water partition coefficient (Wildman–Crippen LogP) is 3.06. The monoisotopic (exact) mass is 292 g/mol. The lowest BCUT2D eigenvalue weighted by atomic mass is 10.2. The molecule has 0 aromatic heterocycles. The first-order valence-corrected chi connectivity index (χ1v) is 6.05. The van der Waals surface area contributed by atoms with E-state index in [-0.39, 0.29) is 23.7 Å². The highest BCUT2D eigenvalue weighted by Crippen LogP contribution is 2.27. The summed E-state index contributed by atoms with van der Waals surface area (Å²) in [5.41, 5.74) is 0.558. The van der Waals surface area contributed by atoms with Crippen molar-refractivity contribution < 1.29 is 19.2 Å². The number of halogens is 1. The molecule has 0 unspecified atom stereocenters. The Kier molecular flexibility index (Phi) is 4.22. The van der Waals surface area contributed by atoms with E-state index < -0.39 is 10.7 Å². The van der Waals surface area contributed by atoms with Gasteiger partial charge in [0.1, 0.15) is 0 Å². The zero-order valence-electron chi connectivity index (χ0n) is 11.2. The molecule has 0 amide bonds. The van der Waals surface area contributed by atoms with E-state index in [0.717, 1.165) is 6.07 Å². The Morgan fingerprint density at radius 1 is 1.33 bits per heavy atom. The van der Waals surface area contributed by atoms with Gasteiger partial charge in [0, 0.05) is 12.6 Å². The van der Waals surface area contributed by atoms with Crippen LogP contribution in [-0.4, -0.2) is 17.1 Å². The van der Waals surface area contributed by atoms with Crippen molar-refractivity contribution in [3.8, 4) is 11.5 Å². The van der Waals surface area contributed by atoms with Gasteiger partial charge in [0.25, 0.3) is 5.69 Å². The van der Waals surface area contributed by atoms with Crippen molar-refractivity contribution in [2.75, 3.05) is 12.4 Å². The fourth-order valence-electron chi connectivity index (χ4n) is 1.80. The van der Waals surface area contributed by atoms with Crippen molar-refractivity contribution in [2.45, 2.75) is 6.54 Å². The molecule has 0 bridgehead atoms. The summed E-state index contributed by atoms with van der Waals surface area (Å²) in [6, 6.07) is 8.18. The third kappa shape index (κ3) is 3.38. The van der Waals surface area contributed by atoms with Gasteiger partial charge in [-0.25, -0.2) is 4.39 Å². The molecule has 0 radical (unpaired) electrons. The normalized spacial score (nSPS) is 10.2. The molecule has 0 heterocycles. The molecule has 21 heavy (non-hydrogen) atoms. The number of ether oxygens (including phenoxy) is 1. The van der Waals surface area contributed by atoms with E-state index in [1.807, 2.05) is 0 Å². The van der Waals surface area contributed by atoms with E-state index in [2.05, 4.69) is 5.32 Å². The first-order valence-electron chi connectivity index (χ1n) is 6.05. The van der Waals surface area contributed by atoms with Crippen LogP contribution in [0.1, 0.15) is 5.56 Å². The number of phenolic OH excluding ortho intramolecular Hbond substituents is 1. The lowest BCUT2D eigenvalue weighted by Crippen LogP contribution is -2.02. The molecular formula is C14H13FN2O4. The summed E-state index contributed by atoms with van der Waals surface area (Å²) in [7, 11) is 1.44. The van der Waals surface area contributed by atoms with E-state index in [9.17, 15) is 19.6 Å². The van der Waals surface area contributed by atoms with Gasteiger partial charge in [0.15, 0.2) is 17.3 Å². The molecule has 0 saturated heterocycles. The quantitative estimate of drug-likeness (QED) is 0.653. The average Bonchev–Trinajstić information content (AvgIpc) is 2.46. The standard InChI is InChI=1S/C14H13FN2O4/c1-21-14-5-2-9(6-13(14)18)8-16-12-4-3-10(17(19)20)7-11(12)15/h2-7,16,18H,8H2,1H3. The maximum Gasteiger partial charge on any atom is 0.272 e. The number of nitrogens with zero attached hydrogens (tertiary/aromatic N) is 1. The SMILES string of the molecule is COc1ccc(CNc2ccc([N+](=O)[O-])cc2F)cc1O. The summed E-state index contributed by atoms with van der Waals surface area (Å²) in [6.07, 6.45) is 0. The molecule has 0 fully saturated rings. The van der Waals surface area contributed by atoms with Crippen molar-refractivity contribution >= 4 is 11.4 Å². The number of nitro benzene ring substituents is 1. The minimum Gasteiger partial charge on any atom is -0.504 e. The number of hydrogen-bond acceptors (Lipinski definition) is 5. The van der Waals surface area contributed by atoms with Gasteiger partial charge in [-0.1, -0.05) is 6.07 Å². The minimum atomic E-state index is -0.707. The number of hydrogen-bond donors (Lipinski definition) is 2. The molecule has 0 aliphatic rings. The largest absolute Gasteiger partial charge is 0.504 e. The van der Waals surface area contributed by atoms with Crippen molar-refractivity contribution in [1.29, 1.82) is 0 Å². The Morgan fingerprint density at radius 3 is 2.67 bits per heavy atom. The fraction of sp³-hybridized carbons (Fsp3) is 0.143. The topological polar surface area (TPSA) is 84.6 Å². The first-order chi connectivity index (χ1) is 10.0. The van der Waals surface area contributed by atoms with Crippen LogP contribution in [0.25, 0.3) is 0 Å². The Bertz CT molecular complexity index is 676. The van der Waals surface area contributed by atoms with Gasteiger partial charge in [-0.3, -0.25) is 10.1 Å². The van der Waals surface area contributed by atoms with Crippen LogP contribution in [0.3, 0.4) is 0 Å². The van der Waals surface area contributed by atoms with Gasteiger partial charge in [0.2, 0.25) is 0 Å². The Hall–Kier alpha value is -2.83. The maximum atomic E-state index is 13.7. The van der Waals surface area contributed by atoms with Gasteiger partial charge in [-0.05, 0) is 23.8 Å². The molecule has 2 aromatic carbocycles. The van der Waals surface area contributed by atoms with Gasteiger partial charge in [0.05, 0.1) is 23.8 Å². The predicted molar refractivity (Wildman–Crippen MR) is 75.0 cm³/mol. The molecule has 0 aliphatic carbocycles. The van der Waals surface area contributed by atoms with Crippen LogP contribution < -0.4 is 10.1 Å². The number of methoxy groups -OCH3 is 1. The summed E-state index contributed by atoms with van der Waals surface area (Å²) in [6.45, 7) is 0.256. The van der Waals surface area contributed by atoms with Crippen LogP contribution in [0.2, 0.25) is 0 Å². The number of nitrogens with one attached hydrogen (secondary N) is 1. The highest BCUT2D eigenvalue weighted by atomic mass is 19.1. The molecule has 0 aliphatic heterocycles. The molecule has 2 N–H and O–H groups in total. The van der Waals surface area contributed by atoms with Crippen LogP contribution in [0.4, 0.5) is 15.8 Å². The number of nitro groups is 1. The molecule has 7 heteroatoms. The van der Waals surface area contributed by atoms with Crippen LogP contribution in [0.5, 0.6) is 11.5 Å². The van der Waals surface area contributed by atoms with Gasteiger partial charge < -0.3 is 15.2 Å². The summed E-state index contributed by atoms with van der Waals surface area (Å²) < 4.78 is 18.6. The van der Waals surface area contributed by atoms with Crippen LogP contribution in [-0.2, 0) is 6.54 Å². The minimum absolute atomic E-state index is 0.0130. The van der Waals surface area contributed by atoms with E-state index in [0.29, 0.717) is 11.3 Å². The van der Waals surface area contributed by atoms with Gasteiger partial charge >= 0.3 is 0 Å². The molecule has 110 valence electrons. The van der Waals surface area contributed by atoms with E-state index in [4.69, 9.17) is 4.74 Å². The maximum absolute atomic E-state index is 13.7. The third-order valence-corrected chi connectivity index (χ3v) is 2.89. The van der Waals surface area contributed by atoms with E-state index in [1.54, 1.807) is 12.1 Å². The summed E-state index contributed by atoms with van der Waals surface area (Å²) in [5.74, 6) is -0.372. The molecule has 2 rings (SSSR count). The van der Waals surface area contributed by atoms with Crippen LogP contribution in [0.15, 0.2) is 36.4 Å². The van der Waals surface area contributed by atoms with Crippen molar-refractivity contribution in [3.05, 3.63) is 57.9 Å². The smallest absolute Gasteiger partial charge is 0.272 e. The molecule has 2 aromatic rings. The van der Waals surface area contributed by atoms with Crippen LogP contribution >= 0.6 is 0 Å². The third-order valence-electron chi connectivity index (χ3n) is 2.89. The number of phenols is 1. The van der Waals surface area contributed by atoms with Gasteiger partial charge in [-0.15, -0.1) is 0 Å². The Labute approximate surface area is 119 Å². The lowest BCUT2D eigenvalue weighted by Gasteiger charge is -2.09. The van der Waals surface area contributed by atoms with Crippen molar-refractivity contribution in [2.24, 2.45) is 0 Å². The highest BCUT2D eigenvalue weighted by Gasteiger charge is 2.10. The summed E-state index contributed by atoms with van der Waals surface area (Å²) >= 11 is 0. The fourth-order valence-corrected chi connectivity index (χ4v) is 1.80. The lowest BCUT2D eigenvalue weighted by molar-refractivity contribution is -0.385. The highest BCUT2D eigenvalue weighted by molar-refractivity contribution is 5.51. The molecule has 0 atom stereocenters. The second-order valence-corrected chi connectivity index (χ2v) is 4.28. The molecular weight excluding hydrogens is 279 g/mol. The molecule has 0 saturated carbocycles.